The smallest absolute Gasteiger partial charge is 0.147 e. The average Bonchev–Trinajstić information content (AvgIpc) is 2.38. The SMILES string of the molecule is CCC(C)(C(CCS(C)(=O)=O)NC)N1CCOCC1. The minimum absolute atomic E-state index is 0.0246. The Bertz CT molecular complexity index is 366. The summed E-state index contributed by atoms with van der Waals surface area (Å²) < 4.78 is 28.2. The molecule has 1 aliphatic heterocycles. The van der Waals surface area contributed by atoms with E-state index in [0.717, 1.165) is 32.7 Å². The van der Waals surface area contributed by atoms with Gasteiger partial charge in [0.25, 0.3) is 0 Å². The summed E-state index contributed by atoms with van der Waals surface area (Å²) in [6.07, 6.45) is 2.94. The van der Waals surface area contributed by atoms with Crippen molar-refractivity contribution in [2.45, 2.75) is 38.3 Å². The Hall–Kier alpha value is -0.170. The van der Waals surface area contributed by atoms with E-state index in [1.54, 1.807) is 0 Å². The number of sulfone groups is 1. The van der Waals surface area contributed by atoms with Crippen LogP contribution in [0.15, 0.2) is 0 Å². The molecule has 0 spiro atoms. The highest BCUT2D eigenvalue weighted by Gasteiger charge is 2.38. The van der Waals surface area contributed by atoms with Crippen LogP contribution in [0.1, 0.15) is 26.7 Å². The Morgan fingerprint density at radius 1 is 1.37 bits per heavy atom. The molecule has 0 aromatic rings. The van der Waals surface area contributed by atoms with Gasteiger partial charge in [-0.15, -0.1) is 0 Å². The van der Waals surface area contributed by atoms with Crippen molar-refractivity contribution >= 4 is 9.84 Å². The lowest BCUT2D eigenvalue weighted by atomic mass is 9.85. The minimum Gasteiger partial charge on any atom is -0.379 e. The van der Waals surface area contributed by atoms with Crippen molar-refractivity contribution in [1.82, 2.24) is 10.2 Å². The van der Waals surface area contributed by atoms with Gasteiger partial charge in [0.05, 0.1) is 19.0 Å². The monoisotopic (exact) mass is 292 g/mol. The van der Waals surface area contributed by atoms with Crippen LogP contribution in [0.25, 0.3) is 0 Å². The number of ether oxygens (including phenoxy) is 1. The van der Waals surface area contributed by atoms with Crippen molar-refractivity contribution < 1.29 is 13.2 Å². The molecule has 1 rings (SSSR count). The van der Waals surface area contributed by atoms with Gasteiger partial charge in [0.2, 0.25) is 0 Å². The van der Waals surface area contributed by atoms with E-state index in [4.69, 9.17) is 4.74 Å². The Labute approximate surface area is 117 Å². The van der Waals surface area contributed by atoms with E-state index in [2.05, 4.69) is 24.1 Å². The molecule has 1 N–H and O–H groups in total. The topological polar surface area (TPSA) is 58.6 Å². The van der Waals surface area contributed by atoms with Gasteiger partial charge in [-0.1, -0.05) is 6.92 Å². The quantitative estimate of drug-likeness (QED) is 0.741. The van der Waals surface area contributed by atoms with E-state index in [1.807, 2.05) is 7.05 Å². The van der Waals surface area contributed by atoms with Crippen LogP contribution in [0.2, 0.25) is 0 Å². The maximum atomic E-state index is 11.4. The number of likely N-dealkylation sites (N-methyl/N-ethyl adjacent to an activating group) is 1. The molecule has 114 valence electrons. The minimum atomic E-state index is -2.91. The number of morpholine rings is 1. The molecular weight excluding hydrogens is 264 g/mol. The van der Waals surface area contributed by atoms with Crippen molar-refractivity contribution in [3.63, 3.8) is 0 Å². The molecule has 0 aromatic carbocycles. The standard InChI is InChI=1S/C13H28N2O3S/c1-5-13(2,15-7-9-18-10-8-15)12(14-3)6-11-19(4,16)17/h12,14H,5-11H2,1-4H3. The molecule has 5 nitrogen and oxygen atoms in total. The molecule has 0 aromatic heterocycles. The number of nitrogens with one attached hydrogen (secondary N) is 1. The Kier molecular flexibility index (Phi) is 6.23. The van der Waals surface area contributed by atoms with Gasteiger partial charge in [-0.05, 0) is 26.8 Å². The number of rotatable bonds is 7. The lowest BCUT2D eigenvalue weighted by Crippen LogP contribution is -2.61. The summed E-state index contributed by atoms with van der Waals surface area (Å²) in [5, 5.41) is 3.32. The van der Waals surface area contributed by atoms with Crippen molar-refractivity contribution in [2.24, 2.45) is 0 Å². The Morgan fingerprint density at radius 3 is 2.37 bits per heavy atom. The highest BCUT2D eigenvalue weighted by atomic mass is 32.2. The van der Waals surface area contributed by atoms with Gasteiger partial charge < -0.3 is 10.1 Å². The molecule has 0 saturated carbocycles. The van der Waals surface area contributed by atoms with E-state index in [0.29, 0.717) is 6.42 Å². The molecule has 0 amide bonds. The predicted molar refractivity (Wildman–Crippen MR) is 78.3 cm³/mol. The van der Waals surface area contributed by atoms with E-state index < -0.39 is 9.84 Å². The molecule has 1 saturated heterocycles. The van der Waals surface area contributed by atoms with Crippen molar-refractivity contribution in [3.8, 4) is 0 Å². The molecule has 2 unspecified atom stereocenters. The molecular formula is C13H28N2O3S. The lowest BCUT2D eigenvalue weighted by Gasteiger charge is -2.47. The van der Waals surface area contributed by atoms with Gasteiger partial charge in [-0.3, -0.25) is 4.90 Å². The molecule has 1 heterocycles. The number of hydrogen-bond acceptors (Lipinski definition) is 5. The molecule has 2 atom stereocenters. The zero-order valence-electron chi connectivity index (χ0n) is 12.6. The van der Waals surface area contributed by atoms with Crippen LogP contribution in [-0.2, 0) is 14.6 Å². The zero-order chi connectivity index (χ0) is 14.5. The molecule has 6 heteroatoms. The van der Waals surface area contributed by atoms with Crippen LogP contribution in [0, 0.1) is 0 Å². The Morgan fingerprint density at radius 2 is 1.95 bits per heavy atom. The highest BCUT2D eigenvalue weighted by Crippen LogP contribution is 2.26. The van der Waals surface area contributed by atoms with Gasteiger partial charge in [0.1, 0.15) is 9.84 Å². The summed E-state index contributed by atoms with van der Waals surface area (Å²) in [6, 6.07) is 0.172. The van der Waals surface area contributed by atoms with Gasteiger partial charge in [-0.25, -0.2) is 8.42 Å². The summed E-state index contributed by atoms with van der Waals surface area (Å²) in [5.41, 5.74) is -0.0246. The molecule has 1 aliphatic rings. The van der Waals surface area contributed by atoms with Crippen LogP contribution in [0.4, 0.5) is 0 Å². The summed E-state index contributed by atoms with van der Waals surface area (Å²) in [6.45, 7) is 7.75. The molecule has 0 bridgehead atoms. The first-order valence-corrected chi connectivity index (χ1v) is 9.07. The molecule has 0 radical (unpaired) electrons. The van der Waals surface area contributed by atoms with Crippen LogP contribution in [-0.4, -0.2) is 70.3 Å². The first-order chi connectivity index (χ1) is 8.83. The number of hydrogen-bond donors (Lipinski definition) is 1. The average molecular weight is 292 g/mol. The van der Waals surface area contributed by atoms with E-state index in [-0.39, 0.29) is 17.3 Å². The fraction of sp³-hybridized carbons (Fsp3) is 1.00. The number of nitrogens with zero attached hydrogens (tertiary/aromatic N) is 1. The zero-order valence-corrected chi connectivity index (χ0v) is 13.4. The second-order valence-electron chi connectivity index (χ2n) is 5.57. The second kappa shape index (κ2) is 7.02. The van der Waals surface area contributed by atoms with Gasteiger partial charge in [-0.2, -0.15) is 0 Å². The fourth-order valence-corrected chi connectivity index (χ4v) is 3.53. The summed E-state index contributed by atoms with van der Waals surface area (Å²) >= 11 is 0. The van der Waals surface area contributed by atoms with Gasteiger partial charge in [0.15, 0.2) is 0 Å². The van der Waals surface area contributed by atoms with Crippen LogP contribution in [0.5, 0.6) is 0 Å². The lowest BCUT2D eigenvalue weighted by molar-refractivity contribution is -0.0317. The second-order valence-corrected chi connectivity index (χ2v) is 7.83. The largest absolute Gasteiger partial charge is 0.379 e. The van der Waals surface area contributed by atoms with Crippen LogP contribution in [0.3, 0.4) is 0 Å². The maximum absolute atomic E-state index is 11.4. The fourth-order valence-electron chi connectivity index (χ4n) is 2.86. The molecule has 19 heavy (non-hydrogen) atoms. The summed E-state index contributed by atoms with van der Waals surface area (Å²) in [4.78, 5) is 2.43. The highest BCUT2D eigenvalue weighted by molar-refractivity contribution is 7.90. The van der Waals surface area contributed by atoms with Crippen molar-refractivity contribution in [2.75, 3.05) is 45.4 Å². The third-order valence-electron chi connectivity index (χ3n) is 4.33. The third kappa shape index (κ3) is 4.70. The maximum Gasteiger partial charge on any atom is 0.147 e. The Balaban J connectivity index is 2.77. The van der Waals surface area contributed by atoms with Crippen molar-refractivity contribution in [1.29, 1.82) is 0 Å². The summed E-state index contributed by atoms with van der Waals surface area (Å²) in [5.74, 6) is 0.235. The van der Waals surface area contributed by atoms with Crippen LogP contribution < -0.4 is 5.32 Å². The summed E-state index contributed by atoms with van der Waals surface area (Å²) in [7, 11) is -0.994. The normalized spacial score (nSPS) is 22.9. The van der Waals surface area contributed by atoms with Gasteiger partial charge in [0, 0.05) is 30.9 Å². The van der Waals surface area contributed by atoms with Gasteiger partial charge >= 0.3 is 0 Å². The first-order valence-electron chi connectivity index (χ1n) is 7.01. The van der Waals surface area contributed by atoms with E-state index in [9.17, 15) is 8.42 Å². The molecule has 1 fully saturated rings. The van der Waals surface area contributed by atoms with Crippen LogP contribution >= 0.6 is 0 Å². The predicted octanol–water partition coefficient (Wildman–Crippen LogP) is 0.510. The third-order valence-corrected chi connectivity index (χ3v) is 5.30. The van der Waals surface area contributed by atoms with Crippen molar-refractivity contribution in [3.05, 3.63) is 0 Å². The molecule has 0 aliphatic carbocycles. The van der Waals surface area contributed by atoms with E-state index >= 15 is 0 Å². The first kappa shape index (κ1) is 16.9. The van der Waals surface area contributed by atoms with E-state index in [1.165, 1.54) is 6.26 Å².